The number of Topliss-reactive ketones (excluding diaryl/α,β-unsaturated/α-hetero) is 2. The zero-order valence-electron chi connectivity index (χ0n) is 14.1. The summed E-state index contributed by atoms with van der Waals surface area (Å²) < 4.78 is 5.09. The quantitative estimate of drug-likeness (QED) is 0.501. The summed E-state index contributed by atoms with van der Waals surface area (Å²) in [5, 5.41) is 0. The van der Waals surface area contributed by atoms with Crippen LogP contribution in [0, 0.1) is 0 Å². The fourth-order valence-electron chi connectivity index (χ4n) is 2.62. The van der Waals surface area contributed by atoms with Crippen LogP contribution in [-0.2, 0) is 0 Å². The van der Waals surface area contributed by atoms with Gasteiger partial charge in [0.1, 0.15) is 5.75 Å². The van der Waals surface area contributed by atoms with Crippen LogP contribution in [-0.4, -0.2) is 24.5 Å². The lowest BCUT2D eigenvalue weighted by molar-refractivity contribution is 0.0815. The minimum absolute atomic E-state index is 0.0992. The molecule has 128 valence electrons. The second-order valence-electron chi connectivity index (χ2n) is 5.63. The molecule has 0 N–H and O–H groups in total. The van der Waals surface area contributed by atoms with E-state index in [0.29, 0.717) is 16.9 Å². The first-order valence-corrected chi connectivity index (χ1v) is 8.03. The highest BCUT2D eigenvalue weighted by Crippen LogP contribution is 2.19. The van der Waals surface area contributed by atoms with Gasteiger partial charge in [0.2, 0.25) is 11.6 Å². The molecule has 0 aliphatic heterocycles. The molecule has 0 bridgehead atoms. The Hall–Kier alpha value is -3.53. The molecule has 0 spiro atoms. The Morgan fingerprint density at radius 1 is 0.615 bits per heavy atom. The minimum Gasteiger partial charge on any atom is -0.497 e. The summed E-state index contributed by atoms with van der Waals surface area (Å²) in [5.74, 6) is -1.03. The smallest absolute Gasteiger partial charge is 0.234 e. The molecule has 0 fully saturated rings. The average molecular weight is 344 g/mol. The van der Waals surface area contributed by atoms with Gasteiger partial charge in [0.05, 0.1) is 7.11 Å². The molecule has 0 heterocycles. The molecule has 3 aromatic carbocycles. The number of ether oxygens (including phenoxy) is 1. The van der Waals surface area contributed by atoms with Crippen LogP contribution in [0.3, 0.4) is 0 Å². The molecule has 0 saturated carbocycles. The third kappa shape index (κ3) is 3.44. The van der Waals surface area contributed by atoms with Gasteiger partial charge < -0.3 is 4.74 Å². The van der Waals surface area contributed by atoms with E-state index in [-0.39, 0.29) is 16.9 Å². The first-order valence-electron chi connectivity index (χ1n) is 8.03. The fraction of sp³-hybridized carbons (Fsp3) is 0.0455. The van der Waals surface area contributed by atoms with Gasteiger partial charge in [-0.1, -0.05) is 54.6 Å². The third-order valence-corrected chi connectivity index (χ3v) is 4.01. The Morgan fingerprint density at radius 3 is 1.81 bits per heavy atom. The zero-order valence-corrected chi connectivity index (χ0v) is 14.1. The molecular weight excluding hydrogens is 328 g/mol. The van der Waals surface area contributed by atoms with Crippen LogP contribution in [0.1, 0.15) is 36.6 Å². The first-order chi connectivity index (χ1) is 12.6. The molecule has 3 aromatic rings. The minimum atomic E-state index is -0.700. The van der Waals surface area contributed by atoms with Gasteiger partial charge in [-0.15, -0.1) is 0 Å². The van der Waals surface area contributed by atoms with Crippen molar-refractivity contribution in [3.05, 3.63) is 101 Å². The van der Waals surface area contributed by atoms with Crippen LogP contribution in [0.5, 0.6) is 5.75 Å². The van der Waals surface area contributed by atoms with Crippen LogP contribution >= 0.6 is 0 Å². The second kappa shape index (κ2) is 7.57. The molecular formula is C22H16O4. The second-order valence-corrected chi connectivity index (χ2v) is 5.63. The van der Waals surface area contributed by atoms with Gasteiger partial charge >= 0.3 is 0 Å². The Balaban J connectivity index is 1.96. The molecule has 0 unspecified atom stereocenters. The lowest BCUT2D eigenvalue weighted by Gasteiger charge is -2.08. The standard InChI is InChI=1S/C22H16O4/c1-26-17-13-11-16(12-14-17)20(23)18-9-5-6-10-19(18)22(25)21(24)15-7-3-2-4-8-15/h2-14H,1H3. The van der Waals surface area contributed by atoms with E-state index >= 15 is 0 Å². The molecule has 0 amide bonds. The van der Waals surface area contributed by atoms with E-state index < -0.39 is 11.6 Å². The van der Waals surface area contributed by atoms with Gasteiger partial charge in [0, 0.05) is 22.3 Å². The van der Waals surface area contributed by atoms with E-state index in [4.69, 9.17) is 4.74 Å². The molecule has 0 aliphatic carbocycles. The summed E-state index contributed by atoms with van der Waals surface area (Å²) in [4.78, 5) is 38.0. The number of carbonyl (C=O) groups is 3. The van der Waals surface area contributed by atoms with Gasteiger partial charge in [0.15, 0.2) is 5.78 Å². The van der Waals surface area contributed by atoms with E-state index in [9.17, 15) is 14.4 Å². The summed E-state index contributed by atoms with van der Waals surface area (Å²) in [7, 11) is 1.54. The summed E-state index contributed by atoms with van der Waals surface area (Å²) in [6.45, 7) is 0. The number of methoxy groups -OCH3 is 1. The van der Waals surface area contributed by atoms with Crippen molar-refractivity contribution in [2.75, 3.05) is 7.11 Å². The van der Waals surface area contributed by atoms with E-state index in [0.717, 1.165) is 0 Å². The molecule has 4 heteroatoms. The Morgan fingerprint density at radius 2 is 1.19 bits per heavy atom. The Kier molecular flexibility index (Phi) is 5.04. The normalized spacial score (nSPS) is 10.2. The Bertz CT molecular complexity index is 957. The molecule has 3 rings (SSSR count). The van der Waals surface area contributed by atoms with E-state index in [1.807, 2.05) is 0 Å². The molecule has 0 radical (unpaired) electrons. The number of carbonyl (C=O) groups excluding carboxylic acids is 3. The van der Waals surface area contributed by atoms with Crippen molar-refractivity contribution in [1.29, 1.82) is 0 Å². The van der Waals surface area contributed by atoms with E-state index in [2.05, 4.69) is 0 Å². The predicted molar refractivity (Wildman–Crippen MR) is 98.0 cm³/mol. The summed E-state index contributed by atoms with van der Waals surface area (Å²) in [5.41, 5.74) is 1.01. The lowest BCUT2D eigenvalue weighted by Crippen LogP contribution is -2.18. The molecule has 0 saturated heterocycles. The topological polar surface area (TPSA) is 60.4 Å². The van der Waals surface area contributed by atoms with Crippen molar-refractivity contribution in [2.24, 2.45) is 0 Å². The molecule has 4 nitrogen and oxygen atoms in total. The van der Waals surface area contributed by atoms with Crippen molar-refractivity contribution in [3.63, 3.8) is 0 Å². The van der Waals surface area contributed by atoms with Gasteiger partial charge in [0.25, 0.3) is 0 Å². The predicted octanol–water partition coefficient (Wildman–Crippen LogP) is 3.99. The third-order valence-electron chi connectivity index (χ3n) is 4.01. The summed E-state index contributed by atoms with van der Waals surface area (Å²) >= 11 is 0. The van der Waals surface area contributed by atoms with Crippen molar-refractivity contribution in [3.8, 4) is 5.75 Å². The van der Waals surface area contributed by atoms with E-state index in [1.54, 1.807) is 79.9 Å². The largest absolute Gasteiger partial charge is 0.497 e. The summed E-state index contributed by atoms with van der Waals surface area (Å²) in [6.07, 6.45) is 0. The number of hydrogen-bond acceptors (Lipinski definition) is 4. The van der Waals surface area contributed by atoms with Gasteiger partial charge in [-0.3, -0.25) is 14.4 Å². The molecule has 0 aromatic heterocycles. The number of ketones is 3. The highest BCUT2D eigenvalue weighted by Gasteiger charge is 2.24. The van der Waals surface area contributed by atoms with Crippen LogP contribution in [0.2, 0.25) is 0 Å². The van der Waals surface area contributed by atoms with Crippen LogP contribution in [0.25, 0.3) is 0 Å². The summed E-state index contributed by atoms with van der Waals surface area (Å²) in [6, 6.07) is 21.3. The molecule has 0 aliphatic rings. The maximum Gasteiger partial charge on any atom is 0.234 e. The SMILES string of the molecule is COc1ccc(C(=O)c2ccccc2C(=O)C(=O)c2ccccc2)cc1. The highest BCUT2D eigenvalue weighted by molar-refractivity contribution is 6.50. The first kappa shape index (κ1) is 17.3. The van der Waals surface area contributed by atoms with Crippen molar-refractivity contribution >= 4 is 17.3 Å². The van der Waals surface area contributed by atoms with Crippen LogP contribution in [0.4, 0.5) is 0 Å². The number of benzene rings is 3. The zero-order chi connectivity index (χ0) is 18.5. The van der Waals surface area contributed by atoms with E-state index in [1.165, 1.54) is 6.07 Å². The molecule has 26 heavy (non-hydrogen) atoms. The van der Waals surface area contributed by atoms with Crippen LogP contribution < -0.4 is 4.74 Å². The van der Waals surface area contributed by atoms with Crippen molar-refractivity contribution < 1.29 is 19.1 Å². The van der Waals surface area contributed by atoms with Crippen LogP contribution in [0.15, 0.2) is 78.9 Å². The maximum atomic E-state index is 12.8. The van der Waals surface area contributed by atoms with Crippen molar-refractivity contribution in [1.82, 2.24) is 0 Å². The number of hydrogen-bond donors (Lipinski definition) is 0. The van der Waals surface area contributed by atoms with Gasteiger partial charge in [-0.05, 0) is 24.3 Å². The lowest BCUT2D eigenvalue weighted by atomic mass is 9.93. The number of rotatable bonds is 6. The van der Waals surface area contributed by atoms with Gasteiger partial charge in [-0.25, -0.2) is 0 Å². The molecule has 0 atom stereocenters. The highest BCUT2D eigenvalue weighted by atomic mass is 16.5. The fourth-order valence-corrected chi connectivity index (χ4v) is 2.62. The maximum absolute atomic E-state index is 12.8. The van der Waals surface area contributed by atoms with Gasteiger partial charge in [-0.2, -0.15) is 0 Å². The van der Waals surface area contributed by atoms with Crippen molar-refractivity contribution in [2.45, 2.75) is 0 Å². The average Bonchev–Trinajstić information content (AvgIpc) is 2.73. The monoisotopic (exact) mass is 344 g/mol. The Labute approximate surface area is 151 Å².